The van der Waals surface area contributed by atoms with Gasteiger partial charge in [-0.15, -0.1) is 16.4 Å². The maximum Gasteiger partial charge on any atom is 0.352 e. The highest BCUT2D eigenvalue weighted by Gasteiger charge is 2.20. The van der Waals surface area contributed by atoms with E-state index in [9.17, 15) is 14.4 Å². The average Bonchev–Trinajstić information content (AvgIpc) is 3.24. The van der Waals surface area contributed by atoms with E-state index in [4.69, 9.17) is 0 Å². The second kappa shape index (κ2) is 7.60. The fraction of sp³-hybridized carbons (Fsp3) is 0.263. The number of halogens is 1. The molecule has 150 valence electrons. The molecule has 3 aromatic heterocycles. The van der Waals surface area contributed by atoms with Gasteiger partial charge in [0.2, 0.25) is 11.7 Å². The van der Waals surface area contributed by atoms with Gasteiger partial charge in [-0.05, 0) is 35.6 Å². The van der Waals surface area contributed by atoms with Crippen LogP contribution >= 0.6 is 27.3 Å². The molecule has 3 heterocycles. The minimum atomic E-state index is -0.453. The Kier molecular flexibility index (Phi) is 5.13. The third kappa shape index (κ3) is 3.65. The van der Waals surface area contributed by atoms with E-state index in [1.165, 1.54) is 20.3 Å². The number of fused-ring (bicyclic) bond motifs is 3. The quantitative estimate of drug-likeness (QED) is 0.480. The van der Waals surface area contributed by atoms with Crippen molar-refractivity contribution in [3.8, 4) is 0 Å². The van der Waals surface area contributed by atoms with Gasteiger partial charge in [-0.1, -0.05) is 35.8 Å². The summed E-state index contributed by atoms with van der Waals surface area (Å²) in [6.07, 6.45) is 0. The highest BCUT2D eigenvalue weighted by atomic mass is 79.9. The molecule has 1 N–H and O–H groups in total. The number of hydrogen-bond acceptors (Lipinski definition) is 5. The summed E-state index contributed by atoms with van der Waals surface area (Å²) in [6.45, 7) is 4.15. The van der Waals surface area contributed by atoms with Crippen molar-refractivity contribution in [1.82, 2.24) is 18.7 Å². The van der Waals surface area contributed by atoms with Crippen LogP contribution in [0.3, 0.4) is 0 Å². The summed E-state index contributed by atoms with van der Waals surface area (Å²) >= 11 is 4.64. The Labute approximate surface area is 177 Å². The van der Waals surface area contributed by atoms with Gasteiger partial charge < -0.3 is 5.32 Å². The molecule has 8 nitrogen and oxygen atoms in total. The van der Waals surface area contributed by atoms with Crippen molar-refractivity contribution in [2.75, 3.05) is 5.32 Å². The van der Waals surface area contributed by atoms with Gasteiger partial charge in [0, 0.05) is 16.7 Å². The largest absolute Gasteiger partial charge is 0.352 e. The van der Waals surface area contributed by atoms with E-state index in [2.05, 4.69) is 26.3 Å². The van der Waals surface area contributed by atoms with Gasteiger partial charge in [-0.2, -0.15) is 0 Å². The summed E-state index contributed by atoms with van der Waals surface area (Å²) in [5.41, 5.74) is 0.494. The normalized spacial score (nSPS) is 11.6. The lowest BCUT2D eigenvalue weighted by atomic mass is 10.2. The number of nitrogens with zero attached hydrogens (tertiary/aromatic N) is 4. The SMILES string of the molecule is CC(C)Cn1c(=O)c2sccc2n2c(=O)n(CC(=O)Nc3cccc(Br)c3)nc12. The van der Waals surface area contributed by atoms with E-state index in [-0.39, 0.29) is 29.7 Å². The molecule has 0 saturated heterocycles. The van der Waals surface area contributed by atoms with Crippen LogP contribution in [-0.4, -0.2) is 24.7 Å². The minimum Gasteiger partial charge on any atom is -0.324 e. The van der Waals surface area contributed by atoms with E-state index in [1.54, 1.807) is 29.6 Å². The molecule has 0 fully saturated rings. The van der Waals surface area contributed by atoms with E-state index in [1.807, 2.05) is 19.9 Å². The van der Waals surface area contributed by atoms with Crippen molar-refractivity contribution in [2.45, 2.75) is 26.9 Å². The first-order chi connectivity index (χ1) is 13.8. The highest BCUT2D eigenvalue weighted by molar-refractivity contribution is 9.10. The van der Waals surface area contributed by atoms with Gasteiger partial charge in [0.1, 0.15) is 11.2 Å². The van der Waals surface area contributed by atoms with Gasteiger partial charge >= 0.3 is 5.69 Å². The number of anilines is 1. The lowest BCUT2D eigenvalue weighted by Crippen LogP contribution is -2.29. The fourth-order valence-electron chi connectivity index (χ4n) is 3.17. The molecule has 1 aromatic carbocycles. The van der Waals surface area contributed by atoms with Gasteiger partial charge in [-0.3, -0.25) is 14.2 Å². The second-order valence-corrected chi connectivity index (χ2v) is 8.91. The molecular weight excluding hydrogens is 458 g/mol. The topological polar surface area (TPSA) is 90.4 Å². The van der Waals surface area contributed by atoms with Crippen LogP contribution in [0.1, 0.15) is 13.8 Å². The number of nitrogens with one attached hydrogen (secondary N) is 1. The Hall–Kier alpha value is -2.72. The van der Waals surface area contributed by atoms with E-state index in [0.717, 1.165) is 9.15 Å². The predicted molar refractivity (Wildman–Crippen MR) is 117 cm³/mol. The molecule has 4 rings (SSSR count). The first-order valence-electron chi connectivity index (χ1n) is 9.00. The van der Waals surface area contributed by atoms with E-state index in [0.29, 0.717) is 22.4 Å². The molecule has 0 aliphatic rings. The number of hydrogen-bond donors (Lipinski definition) is 1. The summed E-state index contributed by atoms with van der Waals surface area (Å²) < 4.78 is 5.34. The zero-order valence-electron chi connectivity index (χ0n) is 15.8. The summed E-state index contributed by atoms with van der Waals surface area (Å²) in [7, 11) is 0. The first kappa shape index (κ1) is 19.6. The highest BCUT2D eigenvalue weighted by Crippen LogP contribution is 2.18. The van der Waals surface area contributed by atoms with Crippen LogP contribution in [0.4, 0.5) is 5.69 Å². The molecule has 0 saturated carbocycles. The zero-order chi connectivity index (χ0) is 20.7. The van der Waals surface area contributed by atoms with Gasteiger partial charge in [0.15, 0.2) is 0 Å². The number of carbonyl (C=O) groups is 1. The smallest absolute Gasteiger partial charge is 0.324 e. The van der Waals surface area contributed by atoms with Crippen LogP contribution in [0.25, 0.3) is 16.0 Å². The molecule has 0 unspecified atom stereocenters. The van der Waals surface area contributed by atoms with E-state index < -0.39 is 5.69 Å². The third-order valence-electron chi connectivity index (χ3n) is 4.34. The van der Waals surface area contributed by atoms with Gasteiger partial charge in [-0.25, -0.2) is 13.9 Å². The molecule has 29 heavy (non-hydrogen) atoms. The van der Waals surface area contributed by atoms with Crippen molar-refractivity contribution < 1.29 is 4.79 Å². The minimum absolute atomic E-state index is 0.174. The molecule has 0 aliphatic carbocycles. The van der Waals surface area contributed by atoms with Crippen molar-refractivity contribution in [3.05, 3.63) is 61.0 Å². The Morgan fingerprint density at radius 1 is 1.28 bits per heavy atom. The van der Waals surface area contributed by atoms with Crippen LogP contribution in [0.2, 0.25) is 0 Å². The number of carbonyl (C=O) groups excluding carboxylic acids is 1. The molecule has 10 heteroatoms. The van der Waals surface area contributed by atoms with Crippen LogP contribution in [0.5, 0.6) is 0 Å². The molecule has 0 radical (unpaired) electrons. The van der Waals surface area contributed by atoms with Gasteiger partial charge in [0.05, 0.1) is 5.52 Å². The number of amides is 1. The predicted octanol–water partition coefficient (Wildman–Crippen LogP) is 2.93. The lowest BCUT2D eigenvalue weighted by molar-refractivity contribution is -0.117. The van der Waals surface area contributed by atoms with Crippen LogP contribution in [0.15, 0.2) is 49.8 Å². The van der Waals surface area contributed by atoms with E-state index >= 15 is 0 Å². The van der Waals surface area contributed by atoms with Crippen LogP contribution in [0, 0.1) is 5.92 Å². The number of rotatable bonds is 5. The van der Waals surface area contributed by atoms with Crippen molar-refractivity contribution >= 4 is 54.9 Å². The summed E-state index contributed by atoms with van der Waals surface area (Å²) in [4.78, 5) is 38.3. The number of benzene rings is 1. The van der Waals surface area contributed by atoms with Gasteiger partial charge in [0.25, 0.3) is 5.56 Å². The van der Waals surface area contributed by atoms with Crippen molar-refractivity contribution in [1.29, 1.82) is 0 Å². The summed E-state index contributed by atoms with van der Waals surface area (Å²) in [5.74, 6) is 0.0526. The molecule has 4 aromatic rings. The van der Waals surface area contributed by atoms with Crippen molar-refractivity contribution in [2.24, 2.45) is 5.92 Å². The molecular formula is C19H18BrN5O3S. The Balaban J connectivity index is 1.78. The summed E-state index contributed by atoms with van der Waals surface area (Å²) in [5, 5.41) is 8.84. The first-order valence-corrected chi connectivity index (χ1v) is 10.7. The maximum atomic E-state index is 13.0. The molecule has 1 amide bonds. The summed E-state index contributed by atoms with van der Waals surface area (Å²) in [6, 6.07) is 8.89. The zero-order valence-corrected chi connectivity index (χ0v) is 18.2. The Morgan fingerprint density at radius 3 is 2.79 bits per heavy atom. The monoisotopic (exact) mass is 475 g/mol. The standard InChI is InChI=1S/C19H18BrN5O3S/c1-11(2)9-23-17(27)16-14(6-7-29-16)25-18(23)22-24(19(25)28)10-15(26)21-13-5-3-4-12(20)8-13/h3-8,11H,9-10H2,1-2H3,(H,21,26). The molecule has 0 spiro atoms. The number of aromatic nitrogens is 4. The van der Waals surface area contributed by atoms with Crippen molar-refractivity contribution in [3.63, 3.8) is 0 Å². The molecule has 0 bridgehead atoms. The van der Waals surface area contributed by atoms with Crippen LogP contribution in [-0.2, 0) is 17.9 Å². The molecule has 0 atom stereocenters. The fourth-order valence-corrected chi connectivity index (χ4v) is 4.39. The Bertz CT molecular complexity index is 1350. The third-order valence-corrected chi connectivity index (χ3v) is 5.72. The second-order valence-electron chi connectivity index (χ2n) is 7.08. The average molecular weight is 476 g/mol. The lowest BCUT2D eigenvalue weighted by Gasteiger charge is -2.09. The number of thiophene rings is 1. The Morgan fingerprint density at radius 2 is 2.07 bits per heavy atom. The molecule has 0 aliphatic heterocycles. The maximum absolute atomic E-state index is 13.0. The van der Waals surface area contributed by atoms with Crippen LogP contribution < -0.4 is 16.6 Å².